The Kier molecular flexibility index (Phi) is 5.41. The normalized spacial score (nSPS) is 17.1. The number of aliphatic imine (C=N–C) groups is 1. The smallest absolute Gasteiger partial charge is 0.208 e. The van der Waals surface area contributed by atoms with Gasteiger partial charge in [-0.05, 0) is 25.3 Å². The van der Waals surface area contributed by atoms with Crippen LogP contribution < -0.4 is 11.3 Å². The van der Waals surface area contributed by atoms with Crippen molar-refractivity contribution in [3.8, 4) is 0 Å². The van der Waals surface area contributed by atoms with Gasteiger partial charge in [-0.3, -0.25) is 5.43 Å². The van der Waals surface area contributed by atoms with Gasteiger partial charge in [0.2, 0.25) is 5.96 Å². The maximum atomic E-state index is 5.65. The Balaban J connectivity index is 2.00. The topological polar surface area (TPSA) is 53.6 Å². The molecule has 20 heavy (non-hydrogen) atoms. The van der Waals surface area contributed by atoms with Gasteiger partial charge in [0.1, 0.15) is 0 Å². The lowest BCUT2D eigenvalue weighted by atomic mass is 9.96. The van der Waals surface area contributed by atoms with E-state index in [1.807, 2.05) is 7.05 Å². The summed E-state index contributed by atoms with van der Waals surface area (Å²) in [6, 6.07) is 8.96. The second kappa shape index (κ2) is 7.29. The van der Waals surface area contributed by atoms with Crippen LogP contribution in [0.1, 0.15) is 43.2 Å². The fourth-order valence-electron chi connectivity index (χ4n) is 2.79. The summed E-state index contributed by atoms with van der Waals surface area (Å²) < 4.78 is 0. The average molecular weight is 274 g/mol. The van der Waals surface area contributed by atoms with E-state index in [-0.39, 0.29) is 0 Å². The van der Waals surface area contributed by atoms with Gasteiger partial charge in [0, 0.05) is 13.6 Å². The maximum Gasteiger partial charge on any atom is 0.208 e. The zero-order chi connectivity index (χ0) is 14.4. The molecule has 0 saturated heterocycles. The highest BCUT2D eigenvalue weighted by Crippen LogP contribution is 2.20. The van der Waals surface area contributed by atoms with Crippen LogP contribution in [-0.2, 0) is 6.54 Å². The van der Waals surface area contributed by atoms with Crippen molar-refractivity contribution in [3.05, 3.63) is 35.4 Å². The molecule has 0 spiro atoms. The molecule has 110 valence electrons. The summed E-state index contributed by atoms with van der Waals surface area (Å²) in [7, 11) is 2.03. The van der Waals surface area contributed by atoms with Gasteiger partial charge in [0.05, 0.1) is 6.04 Å². The lowest BCUT2D eigenvalue weighted by molar-refractivity contribution is 0.423. The Hall–Kier alpha value is -1.55. The molecule has 0 radical (unpaired) electrons. The second-order valence-electron chi connectivity index (χ2n) is 5.73. The van der Waals surface area contributed by atoms with E-state index in [1.165, 1.54) is 43.2 Å². The highest BCUT2D eigenvalue weighted by molar-refractivity contribution is 5.79. The molecule has 1 fully saturated rings. The minimum absolute atomic E-state index is 0.426. The van der Waals surface area contributed by atoms with E-state index in [0.29, 0.717) is 6.04 Å². The first kappa shape index (κ1) is 14.9. The molecule has 3 N–H and O–H groups in total. The van der Waals surface area contributed by atoms with Crippen LogP contribution in [0.5, 0.6) is 0 Å². The Morgan fingerprint density at radius 2 is 2.10 bits per heavy atom. The first-order valence-electron chi connectivity index (χ1n) is 7.50. The minimum Gasteiger partial charge on any atom is -0.341 e. The fourth-order valence-corrected chi connectivity index (χ4v) is 2.79. The molecule has 0 bridgehead atoms. The van der Waals surface area contributed by atoms with E-state index < -0.39 is 0 Å². The molecular formula is C16H26N4. The van der Waals surface area contributed by atoms with Gasteiger partial charge in [0.15, 0.2) is 0 Å². The fraction of sp³-hybridized carbons (Fsp3) is 0.562. The molecule has 1 aliphatic carbocycles. The third-order valence-electron chi connectivity index (χ3n) is 3.87. The van der Waals surface area contributed by atoms with Crippen molar-refractivity contribution in [2.24, 2.45) is 10.8 Å². The van der Waals surface area contributed by atoms with Crippen LogP contribution in [0.25, 0.3) is 0 Å². The molecule has 0 atom stereocenters. The molecule has 1 aromatic carbocycles. The minimum atomic E-state index is 0.426. The van der Waals surface area contributed by atoms with Crippen LogP contribution in [0, 0.1) is 6.92 Å². The zero-order valence-corrected chi connectivity index (χ0v) is 12.6. The molecule has 2 rings (SSSR count). The van der Waals surface area contributed by atoms with Crippen LogP contribution in [0.2, 0.25) is 0 Å². The highest BCUT2D eigenvalue weighted by atomic mass is 15.4. The van der Waals surface area contributed by atoms with E-state index in [1.54, 1.807) is 0 Å². The van der Waals surface area contributed by atoms with Gasteiger partial charge < -0.3 is 4.90 Å². The molecule has 0 amide bonds. The van der Waals surface area contributed by atoms with Crippen LogP contribution >= 0.6 is 0 Å². The van der Waals surface area contributed by atoms with Gasteiger partial charge in [-0.15, -0.1) is 0 Å². The van der Waals surface area contributed by atoms with Crippen molar-refractivity contribution in [1.82, 2.24) is 10.3 Å². The predicted molar refractivity (Wildman–Crippen MR) is 84.3 cm³/mol. The Morgan fingerprint density at radius 1 is 1.35 bits per heavy atom. The Bertz CT molecular complexity index is 450. The van der Waals surface area contributed by atoms with E-state index in [0.717, 1.165) is 12.5 Å². The van der Waals surface area contributed by atoms with Crippen LogP contribution in [0.3, 0.4) is 0 Å². The summed E-state index contributed by atoms with van der Waals surface area (Å²) in [5.41, 5.74) is 5.32. The quantitative estimate of drug-likeness (QED) is 0.385. The van der Waals surface area contributed by atoms with E-state index in [9.17, 15) is 0 Å². The summed E-state index contributed by atoms with van der Waals surface area (Å²) in [6.45, 7) is 2.93. The van der Waals surface area contributed by atoms with Crippen LogP contribution in [-0.4, -0.2) is 23.9 Å². The number of benzene rings is 1. The van der Waals surface area contributed by atoms with E-state index in [2.05, 4.69) is 41.5 Å². The summed E-state index contributed by atoms with van der Waals surface area (Å²) in [6.07, 6.45) is 6.28. The zero-order valence-electron chi connectivity index (χ0n) is 12.6. The molecule has 1 aliphatic rings. The maximum absolute atomic E-state index is 5.65. The highest BCUT2D eigenvalue weighted by Gasteiger charge is 2.14. The van der Waals surface area contributed by atoms with Gasteiger partial charge in [-0.25, -0.2) is 10.8 Å². The van der Waals surface area contributed by atoms with E-state index in [4.69, 9.17) is 10.8 Å². The van der Waals surface area contributed by atoms with Gasteiger partial charge >= 0.3 is 0 Å². The summed E-state index contributed by atoms with van der Waals surface area (Å²) in [4.78, 5) is 6.87. The Morgan fingerprint density at radius 3 is 2.75 bits per heavy atom. The van der Waals surface area contributed by atoms with Crippen molar-refractivity contribution >= 4 is 5.96 Å². The number of hydrogen-bond donors (Lipinski definition) is 2. The molecule has 0 aromatic heterocycles. The van der Waals surface area contributed by atoms with Gasteiger partial charge in [-0.1, -0.05) is 49.1 Å². The molecule has 0 aliphatic heterocycles. The average Bonchev–Trinajstić information content (AvgIpc) is 2.45. The first-order valence-corrected chi connectivity index (χ1v) is 7.50. The molecule has 4 nitrogen and oxygen atoms in total. The third-order valence-corrected chi connectivity index (χ3v) is 3.87. The number of nitrogens with two attached hydrogens (primary N) is 1. The van der Waals surface area contributed by atoms with Gasteiger partial charge in [0.25, 0.3) is 0 Å². The lowest BCUT2D eigenvalue weighted by Crippen LogP contribution is -2.43. The number of aryl methyl sites for hydroxylation is 1. The molecular weight excluding hydrogens is 248 g/mol. The number of nitrogens with zero attached hydrogens (tertiary/aromatic N) is 2. The molecule has 1 saturated carbocycles. The summed E-state index contributed by atoms with van der Waals surface area (Å²) >= 11 is 0. The standard InChI is InChI=1S/C16H26N4/c1-13-7-6-8-14(11-13)12-20(2)16(19-17)18-15-9-4-3-5-10-15/h6-8,11,15H,3-5,9-10,12,17H2,1-2H3,(H,18,19). The third kappa shape index (κ3) is 4.23. The molecule has 4 heteroatoms. The lowest BCUT2D eigenvalue weighted by Gasteiger charge is -2.24. The molecule has 0 heterocycles. The largest absolute Gasteiger partial charge is 0.341 e. The predicted octanol–water partition coefficient (Wildman–Crippen LogP) is 2.58. The number of hydrazine groups is 1. The Labute approximate surface area is 122 Å². The van der Waals surface area contributed by atoms with Crippen molar-refractivity contribution in [2.75, 3.05) is 7.05 Å². The number of rotatable bonds is 3. The van der Waals surface area contributed by atoms with Crippen molar-refractivity contribution < 1.29 is 0 Å². The first-order chi connectivity index (χ1) is 9.69. The monoisotopic (exact) mass is 274 g/mol. The van der Waals surface area contributed by atoms with Crippen molar-refractivity contribution in [2.45, 2.75) is 51.6 Å². The van der Waals surface area contributed by atoms with Crippen molar-refractivity contribution in [3.63, 3.8) is 0 Å². The number of hydrogen-bond acceptors (Lipinski definition) is 2. The number of nitrogens with one attached hydrogen (secondary N) is 1. The number of guanidine groups is 1. The van der Waals surface area contributed by atoms with E-state index >= 15 is 0 Å². The van der Waals surface area contributed by atoms with Crippen molar-refractivity contribution in [1.29, 1.82) is 0 Å². The summed E-state index contributed by atoms with van der Waals surface area (Å²) in [5.74, 6) is 6.44. The molecule has 0 unspecified atom stereocenters. The van der Waals surface area contributed by atoms with Crippen LogP contribution in [0.15, 0.2) is 29.3 Å². The van der Waals surface area contributed by atoms with Crippen LogP contribution in [0.4, 0.5) is 0 Å². The molecule has 1 aromatic rings. The second-order valence-corrected chi connectivity index (χ2v) is 5.73. The SMILES string of the molecule is Cc1cccc(CN(C)C(=NC2CCCCC2)NN)c1. The van der Waals surface area contributed by atoms with Gasteiger partial charge in [-0.2, -0.15) is 0 Å². The summed E-state index contributed by atoms with van der Waals surface area (Å²) in [5, 5.41) is 0.